The molecule has 1 atom stereocenters. The largest absolute Gasteiger partial charge is 0.493 e. The lowest BCUT2D eigenvalue weighted by Crippen LogP contribution is -2.51. The summed E-state index contributed by atoms with van der Waals surface area (Å²) < 4.78 is 19.7. The Morgan fingerprint density at radius 3 is 2.72 bits per heavy atom. The lowest BCUT2D eigenvalue weighted by molar-refractivity contribution is -0.0621. The van der Waals surface area contributed by atoms with E-state index in [1.807, 2.05) is 56.6 Å². The zero-order valence-corrected chi connectivity index (χ0v) is 22.1. The van der Waals surface area contributed by atoms with Crippen LogP contribution in [0.5, 0.6) is 17.2 Å². The number of likely N-dealkylation sites (tertiary alicyclic amines) is 1. The number of β-amino-alcohol motifs (C(OH)–C–C–N with tert-alkyl or cyclic N) is 1. The summed E-state index contributed by atoms with van der Waals surface area (Å²) in [6.07, 6.45) is 6.27. The second-order valence-corrected chi connectivity index (χ2v) is 10.0. The molecule has 1 N–H and O–H groups in total. The van der Waals surface area contributed by atoms with E-state index in [9.17, 15) is 5.11 Å². The third-order valence-electron chi connectivity index (χ3n) is 6.58. The van der Waals surface area contributed by atoms with Gasteiger partial charge in [0.1, 0.15) is 23.8 Å². The maximum atomic E-state index is 11.2. The number of methoxy groups -OCH3 is 1. The fourth-order valence-electron chi connectivity index (χ4n) is 4.64. The Bertz CT molecular complexity index is 1150. The molecule has 0 bridgehead atoms. The number of aromatic nitrogens is 2. The fraction of sp³-hybridized carbons (Fsp3) is 0.464. The third-order valence-corrected chi connectivity index (χ3v) is 6.89. The maximum absolute atomic E-state index is 11.2. The molecule has 0 radical (unpaired) electrons. The van der Waals surface area contributed by atoms with Gasteiger partial charge in [-0.15, -0.1) is 0 Å². The highest BCUT2D eigenvalue weighted by Crippen LogP contribution is 2.31. The van der Waals surface area contributed by atoms with Crippen LogP contribution in [0.4, 0.5) is 0 Å². The first-order chi connectivity index (χ1) is 17.3. The summed E-state index contributed by atoms with van der Waals surface area (Å²) in [4.78, 5) is 6.51. The Morgan fingerprint density at radius 1 is 1.08 bits per heavy atom. The molecule has 1 fully saturated rings. The first kappa shape index (κ1) is 26.3. The number of ether oxygens (including phenoxy) is 3. The Morgan fingerprint density at radius 2 is 1.94 bits per heavy atom. The molecule has 1 aromatic heterocycles. The zero-order chi connectivity index (χ0) is 25.5. The number of benzene rings is 2. The molecule has 2 aromatic carbocycles. The normalized spacial score (nSPS) is 18.2. The summed E-state index contributed by atoms with van der Waals surface area (Å²) in [5.74, 6) is 3.08. The molecule has 0 spiro atoms. The van der Waals surface area contributed by atoms with E-state index in [2.05, 4.69) is 20.5 Å². The monoisotopic (exact) mass is 513 g/mol. The topological polar surface area (TPSA) is 69.0 Å². The van der Waals surface area contributed by atoms with Gasteiger partial charge in [-0.25, -0.2) is 4.98 Å². The Hall–Kier alpha value is -2.74. The van der Waals surface area contributed by atoms with E-state index in [-0.39, 0.29) is 6.61 Å². The van der Waals surface area contributed by atoms with Crippen LogP contribution in [0.3, 0.4) is 0 Å². The van der Waals surface area contributed by atoms with E-state index < -0.39 is 5.60 Å². The summed E-state index contributed by atoms with van der Waals surface area (Å²) in [6, 6.07) is 11.7. The molecule has 36 heavy (non-hydrogen) atoms. The molecule has 0 amide bonds. The predicted molar refractivity (Wildman–Crippen MR) is 141 cm³/mol. The SMILES string of the molecule is COc1cc(CN2CCC[C@@](O)(COc3cc(C)ccc3Cl)C2)ccc1OCCCn1ccnc1C. The van der Waals surface area contributed by atoms with Crippen molar-refractivity contribution in [3.8, 4) is 17.2 Å². The van der Waals surface area contributed by atoms with Crippen LogP contribution in [0.2, 0.25) is 5.02 Å². The van der Waals surface area contributed by atoms with Crippen LogP contribution < -0.4 is 14.2 Å². The van der Waals surface area contributed by atoms with Crippen molar-refractivity contribution in [2.45, 2.75) is 51.8 Å². The Kier molecular flexibility index (Phi) is 8.77. The van der Waals surface area contributed by atoms with Gasteiger partial charge in [-0.1, -0.05) is 23.7 Å². The smallest absolute Gasteiger partial charge is 0.161 e. The molecule has 7 nitrogen and oxygen atoms in total. The molecule has 0 saturated carbocycles. The molecule has 0 aliphatic carbocycles. The summed E-state index contributed by atoms with van der Waals surface area (Å²) in [7, 11) is 1.66. The van der Waals surface area contributed by atoms with E-state index in [0.717, 1.165) is 54.4 Å². The number of aryl methyl sites for hydroxylation is 3. The van der Waals surface area contributed by atoms with Gasteiger partial charge >= 0.3 is 0 Å². The van der Waals surface area contributed by atoms with Gasteiger partial charge in [0.25, 0.3) is 0 Å². The molecular formula is C28H36ClN3O4. The van der Waals surface area contributed by atoms with Crippen molar-refractivity contribution >= 4 is 11.6 Å². The van der Waals surface area contributed by atoms with Crippen LogP contribution in [0.1, 0.15) is 36.2 Å². The van der Waals surface area contributed by atoms with Crippen LogP contribution in [-0.4, -0.2) is 58.6 Å². The van der Waals surface area contributed by atoms with E-state index >= 15 is 0 Å². The zero-order valence-electron chi connectivity index (χ0n) is 21.4. The van der Waals surface area contributed by atoms with Crippen molar-refractivity contribution in [2.24, 2.45) is 0 Å². The number of halogens is 1. The van der Waals surface area contributed by atoms with Gasteiger partial charge in [0.15, 0.2) is 11.5 Å². The summed E-state index contributed by atoms with van der Waals surface area (Å²) >= 11 is 6.26. The Balaban J connectivity index is 1.30. The summed E-state index contributed by atoms with van der Waals surface area (Å²) in [5.41, 5.74) is 1.26. The maximum Gasteiger partial charge on any atom is 0.161 e. The van der Waals surface area contributed by atoms with Gasteiger partial charge in [-0.2, -0.15) is 0 Å². The van der Waals surface area contributed by atoms with Gasteiger partial charge in [0, 0.05) is 32.0 Å². The van der Waals surface area contributed by atoms with E-state index in [1.54, 1.807) is 7.11 Å². The molecule has 1 aliphatic rings. The fourth-order valence-corrected chi connectivity index (χ4v) is 4.81. The average Bonchev–Trinajstić information content (AvgIpc) is 3.27. The second kappa shape index (κ2) is 12.0. The van der Waals surface area contributed by atoms with Gasteiger partial charge in [-0.3, -0.25) is 4.90 Å². The van der Waals surface area contributed by atoms with Crippen LogP contribution in [0.25, 0.3) is 0 Å². The number of rotatable bonds is 11. The molecule has 3 aromatic rings. The highest BCUT2D eigenvalue weighted by atomic mass is 35.5. The van der Waals surface area contributed by atoms with Gasteiger partial charge < -0.3 is 23.9 Å². The quantitative estimate of drug-likeness (QED) is 0.362. The summed E-state index contributed by atoms with van der Waals surface area (Å²) in [6.45, 7) is 7.82. The number of piperidine rings is 1. The minimum atomic E-state index is -0.925. The predicted octanol–water partition coefficient (Wildman–Crippen LogP) is 5.04. The van der Waals surface area contributed by atoms with Crippen molar-refractivity contribution < 1.29 is 19.3 Å². The highest BCUT2D eigenvalue weighted by molar-refractivity contribution is 6.32. The molecule has 2 heterocycles. The van der Waals surface area contributed by atoms with Crippen molar-refractivity contribution in [3.05, 3.63) is 70.8 Å². The molecule has 8 heteroatoms. The van der Waals surface area contributed by atoms with E-state index in [1.165, 1.54) is 0 Å². The first-order valence-electron chi connectivity index (χ1n) is 12.5. The lowest BCUT2D eigenvalue weighted by Gasteiger charge is -2.39. The third kappa shape index (κ3) is 6.93. The van der Waals surface area contributed by atoms with Crippen molar-refractivity contribution in [3.63, 3.8) is 0 Å². The number of hydrogen-bond donors (Lipinski definition) is 1. The minimum absolute atomic E-state index is 0.210. The summed E-state index contributed by atoms with van der Waals surface area (Å²) in [5, 5.41) is 11.8. The standard InChI is InChI=1S/C28H36ClN3O4/c1-21-6-8-24(29)26(16-21)36-20-28(33)10-4-12-31(19-28)18-23-7-9-25(27(17-23)34-3)35-15-5-13-32-14-11-30-22(32)2/h6-9,11,14,16-17,33H,4-5,10,12-13,15,18-20H2,1-3H3/t28-/m0/s1. The van der Waals surface area contributed by atoms with E-state index in [4.69, 9.17) is 25.8 Å². The van der Waals surface area contributed by atoms with Crippen molar-refractivity contribution in [2.75, 3.05) is 33.4 Å². The number of imidazole rings is 1. The van der Waals surface area contributed by atoms with Crippen LogP contribution in [0.15, 0.2) is 48.8 Å². The van der Waals surface area contributed by atoms with Crippen LogP contribution in [-0.2, 0) is 13.1 Å². The van der Waals surface area contributed by atoms with E-state index in [0.29, 0.717) is 36.9 Å². The molecular weight excluding hydrogens is 478 g/mol. The average molecular weight is 514 g/mol. The number of nitrogens with zero attached hydrogens (tertiary/aromatic N) is 3. The molecule has 0 unspecified atom stereocenters. The van der Waals surface area contributed by atoms with Gasteiger partial charge in [0.05, 0.1) is 18.7 Å². The Labute approximate surface area is 218 Å². The van der Waals surface area contributed by atoms with Crippen molar-refractivity contribution in [1.82, 2.24) is 14.5 Å². The van der Waals surface area contributed by atoms with Crippen LogP contribution >= 0.6 is 11.6 Å². The molecule has 1 saturated heterocycles. The minimum Gasteiger partial charge on any atom is -0.493 e. The molecule has 194 valence electrons. The second-order valence-electron chi connectivity index (χ2n) is 9.62. The first-order valence-corrected chi connectivity index (χ1v) is 12.8. The van der Waals surface area contributed by atoms with Crippen LogP contribution in [0, 0.1) is 13.8 Å². The number of hydrogen-bond acceptors (Lipinski definition) is 6. The number of aliphatic hydroxyl groups is 1. The van der Waals surface area contributed by atoms with Gasteiger partial charge in [-0.05, 0) is 75.0 Å². The molecule has 4 rings (SSSR count). The molecule has 1 aliphatic heterocycles. The van der Waals surface area contributed by atoms with Gasteiger partial charge in [0.2, 0.25) is 0 Å². The highest BCUT2D eigenvalue weighted by Gasteiger charge is 2.34. The van der Waals surface area contributed by atoms with Crippen molar-refractivity contribution in [1.29, 1.82) is 0 Å². The lowest BCUT2D eigenvalue weighted by atomic mass is 9.93.